The lowest BCUT2D eigenvalue weighted by Gasteiger charge is -2.50. The highest BCUT2D eigenvalue weighted by molar-refractivity contribution is 6.20. The summed E-state index contributed by atoms with van der Waals surface area (Å²) in [6, 6.07) is 6.24. The molecule has 5 rings (SSSR count). The molecule has 2 fully saturated rings. The molecule has 0 N–H and O–H groups in total. The molecule has 4 heterocycles. The topological polar surface area (TPSA) is 91.1 Å². The van der Waals surface area contributed by atoms with Crippen LogP contribution in [0.25, 0.3) is 11.0 Å². The van der Waals surface area contributed by atoms with Gasteiger partial charge in [0.05, 0.1) is 17.3 Å². The molecule has 1 unspecified atom stereocenters. The molecule has 0 aliphatic carbocycles. The third-order valence-corrected chi connectivity index (χ3v) is 6.39. The highest BCUT2D eigenvalue weighted by atomic mass is 16.4. The Hall–Kier alpha value is -3.16. The van der Waals surface area contributed by atoms with E-state index in [-0.39, 0.29) is 6.42 Å². The van der Waals surface area contributed by atoms with E-state index in [4.69, 9.17) is 4.42 Å². The van der Waals surface area contributed by atoms with Crippen LogP contribution in [0, 0.1) is 5.41 Å². The molecule has 144 valence electrons. The van der Waals surface area contributed by atoms with Crippen molar-refractivity contribution in [1.82, 2.24) is 9.80 Å². The van der Waals surface area contributed by atoms with Crippen molar-refractivity contribution in [2.45, 2.75) is 25.3 Å². The van der Waals surface area contributed by atoms with Crippen LogP contribution in [0.1, 0.15) is 18.4 Å². The van der Waals surface area contributed by atoms with Gasteiger partial charge in [0.1, 0.15) is 5.58 Å². The molecule has 1 atom stereocenters. The molecule has 1 spiro atoms. The van der Waals surface area contributed by atoms with Crippen LogP contribution in [0.3, 0.4) is 0 Å². The molecule has 4 amide bonds. The van der Waals surface area contributed by atoms with Crippen LogP contribution in [0.15, 0.2) is 33.5 Å². The van der Waals surface area contributed by atoms with Crippen LogP contribution in [0.2, 0.25) is 0 Å². The number of nitrogens with zero attached hydrogens (tertiary/aromatic N) is 3. The predicted octanol–water partition coefficient (Wildman–Crippen LogP) is 1.35. The summed E-state index contributed by atoms with van der Waals surface area (Å²) in [5.41, 5.74) is -0.463. The third-order valence-electron chi connectivity index (χ3n) is 6.39. The number of hydrogen-bond donors (Lipinski definition) is 0. The van der Waals surface area contributed by atoms with Gasteiger partial charge in [-0.15, -0.1) is 0 Å². The van der Waals surface area contributed by atoms with Crippen molar-refractivity contribution in [3.8, 4) is 0 Å². The summed E-state index contributed by atoms with van der Waals surface area (Å²) in [6.07, 6.45) is 1.37. The fourth-order valence-electron chi connectivity index (χ4n) is 5.12. The first-order chi connectivity index (χ1) is 13.4. The second-order valence-electron chi connectivity index (χ2n) is 7.72. The number of barbiturate groups is 1. The van der Waals surface area contributed by atoms with E-state index in [1.165, 1.54) is 14.1 Å². The Morgan fingerprint density at radius 3 is 2.43 bits per heavy atom. The standard InChI is InChI=1S/C20H19N3O5/c1-21-17(25)20(18(26)22(2)19(21)27)10-12-15(23-9-5-8-14(20)23)11-6-3-4-7-13(11)28-16(12)24/h3-4,6-7,14H,5,8-10H2,1-2H3. The minimum absolute atomic E-state index is 0.0592. The quantitative estimate of drug-likeness (QED) is 0.505. The van der Waals surface area contributed by atoms with Crippen molar-refractivity contribution in [1.29, 1.82) is 0 Å². The first-order valence-electron chi connectivity index (χ1n) is 9.29. The Balaban J connectivity index is 1.81. The van der Waals surface area contributed by atoms with E-state index in [9.17, 15) is 19.2 Å². The normalized spacial score (nSPS) is 23.6. The van der Waals surface area contributed by atoms with Gasteiger partial charge in [-0.25, -0.2) is 9.59 Å². The minimum Gasteiger partial charge on any atom is -0.422 e. The third kappa shape index (κ3) is 1.85. The summed E-state index contributed by atoms with van der Waals surface area (Å²) in [5, 5.41) is 0.798. The maximum Gasteiger partial charge on any atom is 0.341 e. The first-order valence-corrected chi connectivity index (χ1v) is 9.29. The average molecular weight is 381 g/mol. The molecule has 8 heteroatoms. The van der Waals surface area contributed by atoms with Crippen LogP contribution >= 0.6 is 0 Å². The number of hydrogen-bond acceptors (Lipinski definition) is 6. The first kappa shape index (κ1) is 17.0. The summed E-state index contributed by atoms with van der Waals surface area (Å²) in [4.78, 5) is 55.7. The molecule has 0 radical (unpaired) electrons. The molecular formula is C20H19N3O5. The van der Waals surface area contributed by atoms with Gasteiger partial charge in [0.2, 0.25) is 11.8 Å². The molecule has 0 saturated carbocycles. The Morgan fingerprint density at radius 2 is 1.71 bits per heavy atom. The Kier molecular flexibility index (Phi) is 3.29. The molecule has 2 saturated heterocycles. The fourth-order valence-corrected chi connectivity index (χ4v) is 5.12. The lowest BCUT2D eigenvalue weighted by atomic mass is 9.68. The van der Waals surface area contributed by atoms with Crippen molar-refractivity contribution in [2.75, 3.05) is 25.5 Å². The van der Waals surface area contributed by atoms with E-state index in [2.05, 4.69) is 0 Å². The van der Waals surface area contributed by atoms with Crippen molar-refractivity contribution >= 4 is 34.5 Å². The largest absolute Gasteiger partial charge is 0.422 e. The maximum atomic E-state index is 13.3. The second-order valence-corrected chi connectivity index (χ2v) is 7.72. The Morgan fingerprint density at radius 1 is 1.04 bits per heavy atom. The fraction of sp³-hybridized carbons (Fsp3) is 0.400. The monoisotopic (exact) mass is 381 g/mol. The number of anilines is 1. The highest BCUT2D eigenvalue weighted by Gasteiger charge is 2.64. The summed E-state index contributed by atoms with van der Waals surface area (Å²) >= 11 is 0. The van der Waals surface area contributed by atoms with Crippen molar-refractivity contribution in [2.24, 2.45) is 5.41 Å². The zero-order chi connectivity index (χ0) is 19.8. The van der Waals surface area contributed by atoms with Gasteiger partial charge in [-0.05, 0) is 25.0 Å². The van der Waals surface area contributed by atoms with Gasteiger partial charge in [0.15, 0.2) is 5.41 Å². The summed E-state index contributed by atoms with van der Waals surface area (Å²) in [6.45, 7) is 0.634. The molecule has 2 aromatic rings. The second kappa shape index (κ2) is 5.43. The van der Waals surface area contributed by atoms with E-state index in [0.717, 1.165) is 27.3 Å². The van der Waals surface area contributed by atoms with E-state index < -0.39 is 34.9 Å². The van der Waals surface area contributed by atoms with Crippen LogP contribution in [-0.2, 0) is 16.0 Å². The molecular weight excluding hydrogens is 362 g/mol. The van der Waals surface area contributed by atoms with Crippen molar-refractivity contribution < 1.29 is 18.8 Å². The smallest absolute Gasteiger partial charge is 0.341 e. The van der Waals surface area contributed by atoms with Crippen LogP contribution < -0.4 is 10.5 Å². The number of carbonyl (C=O) groups is 3. The van der Waals surface area contributed by atoms with E-state index in [1.54, 1.807) is 12.1 Å². The molecule has 28 heavy (non-hydrogen) atoms. The van der Waals surface area contributed by atoms with Gasteiger partial charge in [0, 0.05) is 32.4 Å². The minimum atomic E-state index is -1.49. The number of carbonyl (C=O) groups excluding carboxylic acids is 3. The lowest BCUT2D eigenvalue weighted by Crippen LogP contribution is -2.70. The molecule has 3 aliphatic heterocycles. The van der Waals surface area contributed by atoms with Crippen molar-refractivity contribution in [3.05, 3.63) is 40.2 Å². The maximum absolute atomic E-state index is 13.3. The Labute approximate surface area is 160 Å². The van der Waals surface area contributed by atoms with Crippen molar-refractivity contribution in [3.63, 3.8) is 0 Å². The van der Waals surface area contributed by atoms with Gasteiger partial charge in [-0.1, -0.05) is 12.1 Å². The summed E-state index contributed by atoms with van der Waals surface area (Å²) < 4.78 is 5.49. The van der Waals surface area contributed by atoms with Crippen LogP contribution in [0.5, 0.6) is 0 Å². The van der Waals surface area contributed by atoms with E-state index in [1.807, 2.05) is 17.0 Å². The number of urea groups is 1. The van der Waals surface area contributed by atoms with Crippen LogP contribution in [-0.4, -0.2) is 54.3 Å². The molecule has 1 aromatic heterocycles. The number of benzene rings is 1. The summed E-state index contributed by atoms with van der Waals surface area (Å²) in [7, 11) is 2.76. The molecule has 8 nitrogen and oxygen atoms in total. The number of para-hydroxylation sites is 1. The van der Waals surface area contributed by atoms with Gasteiger partial charge in [-0.2, -0.15) is 0 Å². The summed E-state index contributed by atoms with van der Waals surface area (Å²) in [5.74, 6) is -1.09. The number of imide groups is 2. The Bertz CT molecular complexity index is 1100. The number of fused-ring (bicyclic) bond motifs is 6. The molecule has 1 aromatic carbocycles. The van der Waals surface area contributed by atoms with Crippen LogP contribution in [0.4, 0.5) is 10.5 Å². The SMILES string of the molecule is CN1C(=O)N(C)C(=O)C2(Cc3c(c4ccccc4oc3=O)N3CCCC32)C1=O. The number of rotatable bonds is 0. The zero-order valence-electron chi connectivity index (χ0n) is 15.6. The predicted molar refractivity (Wildman–Crippen MR) is 99.9 cm³/mol. The van der Waals surface area contributed by atoms with Gasteiger partial charge in [0.25, 0.3) is 0 Å². The number of amides is 4. The lowest BCUT2D eigenvalue weighted by molar-refractivity contribution is -0.159. The van der Waals surface area contributed by atoms with E-state index in [0.29, 0.717) is 24.1 Å². The highest BCUT2D eigenvalue weighted by Crippen LogP contribution is 2.50. The van der Waals surface area contributed by atoms with E-state index >= 15 is 0 Å². The average Bonchev–Trinajstić information content (AvgIpc) is 3.20. The van der Waals surface area contributed by atoms with Gasteiger partial charge >= 0.3 is 11.7 Å². The molecule has 3 aliphatic rings. The zero-order valence-corrected chi connectivity index (χ0v) is 15.6. The van der Waals surface area contributed by atoms with Gasteiger partial charge < -0.3 is 9.32 Å². The van der Waals surface area contributed by atoms with Gasteiger partial charge in [-0.3, -0.25) is 19.4 Å². The molecule has 0 bridgehead atoms.